The molecule has 112 valence electrons. The third-order valence-electron chi connectivity index (χ3n) is 3.02. The van der Waals surface area contributed by atoms with Gasteiger partial charge in [0, 0.05) is 6.54 Å². The maximum absolute atomic E-state index is 11.4. The molecule has 1 aliphatic rings. The Balaban J connectivity index is 2.14. The molecule has 0 bridgehead atoms. The Hall–Kier alpha value is -0.110. The number of unbranched alkanes of at least 4 members (excludes halogenated alkanes) is 3. The van der Waals surface area contributed by atoms with Gasteiger partial charge in [-0.15, -0.1) is 11.6 Å². The van der Waals surface area contributed by atoms with Crippen molar-refractivity contribution < 1.29 is 8.42 Å². The van der Waals surface area contributed by atoms with Crippen LogP contribution < -0.4 is 16.4 Å². The third-order valence-corrected chi connectivity index (χ3v) is 5.65. The number of hydrogen-bond donors (Lipinski definition) is 3. The van der Waals surface area contributed by atoms with Crippen molar-refractivity contribution in [3.63, 3.8) is 0 Å². The van der Waals surface area contributed by atoms with E-state index in [1.54, 1.807) is 0 Å². The zero-order chi connectivity index (χ0) is 14.3. The van der Waals surface area contributed by atoms with E-state index in [9.17, 15) is 8.42 Å². The first-order valence-electron chi connectivity index (χ1n) is 6.53. The zero-order valence-corrected chi connectivity index (χ0v) is 13.3. The lowest BCUT2D eigenvalue weighted by Gasteiger charge is -2.17. The predicted octanol–water partition coefficient (Wildman–Crippen LogP) is 0.374. The van der Waals surface area contributed by atoms with Gasteiger partial charge in [-0.1, -0.05) is 12.8 Å². The van der Waals surface area contributed by atoms with Crippen molar-refractivity contribution in [2.75, 3.05) is 24.6 Å². The molecule has 0 aliphatic carbocycles. The average molecular weight is 328 g/mol. The summed E-state index contributed by atoms with van der Waals surface area (Å²) in [6, 6.07) is -0.288. The Labute approximate surface area is 125 Å². The van der Waals surface area contributed by atoms with E-state index in [2.05, 4.69) is 10.6 Å². The first kappa shape index (κ1) is 16.9. The fourth-order valence-electron chi connectivity index (χ4n) is 1.98. The first-order chi connectivity index (χ1) is 8.94. The molecule has 1 heterocycles. The van der Waals surface area contributed by atoms with Crippen molar-refractivity contribution in [1.29, 1.82) is 0 Å². The quantitative estimate of drug-likeness (QED) is 0.356. The van der Waals surface area contributed by atoms with Crippen LogP contribution in [0.15, 0.2) is 0 Å². The van der Waals surface area contributed by atoms with Crippen molar-refractivity contribution in [3.8, 4) is 0 Å². The Morgan fingerprint density at radius 2 is 1.95 bits per heavy atom. The second-order valence-electron chi connectivity index (χ2n) is 4.80. The largest absolute Gasteiger partial charge is 0.363 e. The van der Waals surface area contributed by atoms with Gasteiger partial charge in [0.1, 0.15) is 0 Å². The van der Waals surface area contributed by atoms with Gasteiger partial charge in [-0.2, -0.15) is 0 Å². The van der Waals surface area contributed by atoms with E-state index in [4.69, 9.17) is 29.6 Å². The minimum absolute atomic E-state index is 0.0218. The molecule has 4 N–H and O–H groups in total. The van der Waals surface area contributed by atoms with Gasteiger partial charge < -0.3 is 16.4 Å². The molecule has 0 aromatic carbocycles. The van der Waals surface area contributed by atoms with E-state index in [1.165, 1.54) is 0 Å². The van der Waals surface area contributed by atoms with Crippen LogP contribution in [-0.4, -0.2) is 49.5 Å². The van der Waals surface area contributed by atoms with Crippen LogP contribution in [0.2, 0.25) is 0 Å². The molecular weight excluding hydrogens is 306 g/mol. The molecule has 1 saturated heterocycles. The molecule has 0 aromatic rings. The topological polar surface area (TPSA) is 84.2 Å². The van der Waals surface area contributed by atoms with Crippen molar-refractivity contribution in [3.05, 3.63) is 0 Å². The molecule has 2 unspecified atom stereocenters. The summed E-state index contributed by atoms with van der Waals surface area (Å²) < 4.78 is 22.8. The molecule has 1 fully saturated rings. The molecule has 1 rings (SSSR count). The highest BCUT2D eigenvalue weighted by Crippen LogP contribution is 2.17. The van der Waals surface area contributed by atoms with Gasteiger partial charge in [-0.25, -0.2) is 8.42 Å². The molecule has 0 saturated carbocycles. The average Bonchev–Trinajstić information content (AvgIpc) is 2.56. The van der Waals surface area contributed by atoms with Gasteiger partial charge in [-0.05, 0) is 31.6 Å². The van der Waals surface area contributed by atoms with E-state index < -0.39 is 15.2 Å². The number of sulfone groups is 1. The molecular formula is C11H22ClN3O2S2. The minimum atomic E-state index is -3.02. The van der Waals surface area contributed by atoms with Crippen LogP contribution in [-0.2, 0) is 9.84 Å². The van der Waals surface area contributed by atoms with Crippen molar-refractivity contribution >= 4 is 38.8 Å². The summed E-state index contributed by atoms with van der Waals surface area (Å²) >= 11 is 11.1. The summed E-state index contributed by atoms with van der Waals surface area (Å²) in [5, 5.41) is 6.12. The second-order valence-corrected chi connectivity index (χ2v) is 7.93. The molecule has 5 nitrogen and oxygen atoms in total. The molecule has 0 spiro atoms. The maximum atomic E-state index is 11.4. The molecule has 8 heteroatoms. The normalized spacial score (nSPS) is 25.2. The maximum Gasteiger partial charge on any atom is 0.166 e. The Morgan fingerprint density at radius 3 is 2.53 bits per heavy atom. The van der Waals surface area contributed by atoms with Gasteiger partial charge in [0.25, 0.3) is 0 Å². The van der Waals surface area contributed by atoms with E-state index in [0.717, 1.165) is 38.8 Å². The van der Waals surface area contributed by atoms with Crippen LogP contribution >= 0.6 is 23.8 Å². The summed E-state index contributed by atoms with van der Waals surface area (Å²) in [5.41, 5.74) is 5.41. The van der Waals surface area contributed by atoms with Crippen LogP contribution in [0, 0.1) is 0 Å². The highest BCUT2D eigenvalue weighted by Gasteiger charge is 2.36. The van der Waals surface area contributed by atoms with E-state index in [0.29, 0.717) is 5.11 Å². The summed E-state index contributed by atoms with van der Waals surface area (Å²) in [5.74, 6) is 0.0768. The highest BCUT2D eigenvalue weighted by atomic mass is 35.5. The first-order valence-corrected chi connectivity index (χ1v) is 9.20. The van der Waals surface area contributed by atoms with Crippen LogP contribution in [0.5, 0.6) is 0 Å². The predicted molar refractivity (Wildman–Crippen MR) is 83.3 cm³/mol. The Bertz CT molecular complexity index is 389. The number of alkyl halides is 1. The van der Waals surface area contributed by atoms with Crippen LogP contribution in [0.1, 0.15) is 25.7 Å². The van der Waals surface area contributed by atoms with Crippen molar-refractivity contribution in [2.45, 2.75) is 37.1 Å². The van der Waals surface area contributed by atoms with Gasteiger partial charge in [0.05, 0.1) is 22.9 Å². The smallest absolute Gasteiger partial charge is 0.166 e. The van der Waals surface area contributed by atoms with Gasteiger partial charge >= 0.3 is 0 Å². The summed E-state index contributed by atoms with van der Waals surface area (Å²) in [7, 11) is -3.02. The number of nitrogens with two attached hydrogens (primary N) is 1. The lowest BCUT2D eigenvalue weighted by molar-refractivity contribution is 0.599. The number of thiocarbonyl (C=S) groups is 1. The summed E-state index contributed by atoms with van der Waals surface area (Å²) in [6.07, 6.45) is 4.32. The van der Waals surface area contributed by atoms with Crippen LogP contribution in [0.3, 0.4) is 0 Å². The Morgan fingerprint density at radius 1 is 1.26 bits per heavy atom. The molecule has 19 heavy (non-hydrogen) atoms. The van der Waals surface area contributed by atoms with E-state index in [-0.39, 0.29) is 17.5 Å². The summed E-state index contributed by atoms with van der Waals surface area (Å²) in [6.45, 7) is 1.52. The zero-order valence-electron chi connectivity index (χ0n) is 10.9. The second kappa shape index (κ2) is 8.24. The lowest BCUT2D eigenvalue weighted by Crippen LogP contribution is -2.46. The number of halogens is 1. The molecule has 0 radical (unpaired) electrons. The molecule has 1 aliphatic heterocycles. The number of rotatable bonds is 7. The van der Waals surface area contributed by atoms with Crippen molar-refractivity contribution in [2.24, 2.45) is 5.73 Å². The van der Waals surface area contributed by atoms with Gasteiger partial charge in [0.15, 0.2) is 14.9 Å². The lowest BCUT2D eigenvalue weighted by atomic mass is 10.2. The number of nitrogens with one attached hydrogen (secondary N) is 2. The van der Waals surface area contributed by atoms with E-state index >= 15 is 0 Å². The van der Waals surface area contributed by atoms with Crippen molar-refractivity contribution in [1.82, 2.24) is 10.6 Å². The summed E-state index contributed by atoms with van der Waals surface area (Å²) in [4.78, 5) is 0. The third kappa shape index (κ3) is 6.74. The number of hydrogen-bond acceptors (Lipinski definition) is 4. The minimum Gasteiger partial charge on any atom is -0.363 e. The fourth-order valence-corrected chi connectivity index (χ4v) is 4.78. The fraction of sp³-hybridized carbons (Fsp3) is 0.909. The van der Waals surface area contributed by atoms with Crippen LogP contribution in [0.25, 0.3) is 0 Å². The SMILES string of the molecule is NCCCCCCNC(=S)NC1CS(=O)(=O)CC1Cl. The van der Waals surface area contributed by atoms with Crippen LogP contribution in [0.4, 0.5) is 0 Å². The standard InChI is InChI=1S/C11H22ClN3O2S2/c12-9-7-19(16,17)8-10(9)15-11(18)14-6-4-2-1-3-5-13/h9-10H,1-8,13H2,(H2,14,15,18). The van der Waals surface area contributed by atoms with Gasteiger partial charge in [-0.3, -0.25) is 0 Å². The molecule has 0 aromatic heterocycles. The monoisotopic (exact) mass is 327 g/mol. The van der Waals surface area contributed by atoms with E-state index in [1.807, 2.05) is 0 Å². The molecule has 2 atom stereocenters. The highest BCUT2D eigenvalue weighted by molar-refractivity contribution is 7.91. The van der Waals surface area contributed by atoms with Gasteiger partial charge in [0.2, 0.25) is 0 Å². The Kier molecular flexibility index (Phi) is 7.35. The molecule has 0 amide bonds.